The van der Waals surface area contributed by atoms with Crippen LogP contribution in [-0.2, 0) is 0 Å². The molecule has 1 aromatic heterocycles. The van der Waals surface area contributed by atoms with Gasteiger partial charge in [-0.05, 0) is 12.8 Å². The van der Waals surface area contributed by atoms with Gasteiger partial charge in [-0.2, -0.15) is 0 Å². The Morgan fingerprint density at radius 1 is 1.08 bits per heavy atom. The number of rotatable bonds is 2. The molecule has 0 aliphatic heterocycles. The lowest BCUT2D eigenvalue weighted by Crippen LogP contribution is -2.22. The molecule has 1 aromatic rings. The first-order valence-corrected chi connectivity index (χ1v) is 4.97. The predicted octanol–water partition coefficient (Wildman–Crippen LogP) is 2.22. The van der Waals surface area contributed by atoms with Crippen molar-refractivity contribution in [2.45, 2.75) is 38.1 Å². The van der Waals surface area contributed by atoms with E-state index in [0.717, 1.165) is 5.69 Å². The zero-order valence-electron chi connectivity index (χ0n) is 7.74. The number of nitrogens with one attached hydrogen (secondary N) is 1. The van der Waals surface area contributed by atoms with Gasteiger partial charge in [-0.3, -0.25) is 0 Å². The van der Waals surface area contributed by atoms with Crippen molar-refractivity contribution in [2.24, 2.45) is 0 Å². The first-order chi connectivity index (χ1) is 6.45. The van der Waals surface area contributed by atoms with Crippen molar-refractivity contribution in [3.63, 3.8) is 0 Å². The predicted molar refractivity (Wildman–Crippen MR) is 52.5 cm³/mol. The van der Waals surface area contributed by atoms with Crippen LogP contribution in [-0.4, -0.2) is 16.0 Å². The molecule has 13 heavy (non-hydrogen) atoms. The molecule has 1 N–H and O–H groups in total. The fraction of sp³-hybridized carbons (Fsp3) is 0.600. The average molecular weight is 177 g/mol. The molecular formula is C10H15N3. The highest BCUT2D eigenvalue weighted by molar-refractivity contribution is 5.38. The summed E-state index contributed by atoms with van der Waals surface area (Å²) in [5, 5.41) is 3.46. The van der Waals surface area contributed by atoms with E-state index in [1.165, 1.54) is 32.1 Å². The fourth-order valence-corrected chi connectivity index (χ4v) is 1.86. The lowest BCUT2D eigenvalue weighted by Gasteiger charge is -2.23. The zero-order valence-corrected chi connectivity index (χ0v) is 7.74. The minimum Gasteiger partial charge on any atom is -0.380 e. The van der Waals surface area contributed by atoms with E-state index in [0.29, 0.717) is 6.04 Å². The summed E-state index contributed by atoms with van der Waals surface area (Å²) in [7, 11) is 0. The summed E-state index contributed by atoms with van der Waals surface area (Å²) in [4.78, 5) is 7.95. The Bertz CT molecular complexity index is 242. The first-order valence-electron chi connectivity index (χ1n) is 4.97. The Labute approximate surface area is 78.6 Å². The number of hydrogen-bond donors (Lipinski definition) is 1. The van der Waals surface area contributed by atoms with Gasteiger partial charge in [0.15, 0.2) is 0 Å². The van der Waals surface area contributed by atoms with Gasteiger partial charge in [0.25, 0.3) is 0 Å². The maximum Gasteiger partial charge on any atom is 0.115 e. The van der Waals surface area contributed by atoms with Crippen LogP contribution in [0.1, 0.15) is 32.1 Å². The molecule has 0 saturated heterocycles. The van der Waals surface area contributed by atoms with Gasteiger partial charge in [-0.1, -0.05) is 19.3 Å². The van der Waals surface area contributed by atoms with E-state index >= 15 is 0 Å². The van der Waals surface area contributed by atoms with Gasteiger partial charge < -0.3 is 5.32 Å². The van der Waals surface area contributed by atoms with Crippen LogP contribution in [0.5, 0.6) is 0 Å². The summed E-state index contributed by atoms with van der Waals surface area (Å²) >= 11 is 0. The second kappa shape index (κ2) is 4.21. The van der Waals surface area contributed by atoms with E-state index in [9.17, 15) is 0 Å². The van der Waals surface area contributed by atoms with Crippen LogP contribution in [0.3, 0.4) is 0 Å². The molecule has 0 aromatic carbocycles. The maximum absolute atomic E-state index is 3.98. The molecular weight excluding hydrogens is 162 g/mol. The Hall–Kier alpha value is -1.12. The molecule has 3 nitrogen and oxygen atoms in total. The van der Waals surface area contributed by atoms with Crippen LogP contribution in [0, 0.1) is 0 Å². The van der Waals surface area contributed by atoms with Gasteiger partial charge in [0, 0.05) is 6.04 Å². The quantitative estimate of drug-likeness (QED) is 0.752. The highest BCUT2D eigenvalue weighted by atomic mass is 15.0. The van der Waals surface area contributed by atoms with E-state index in [2.05, 4.69) is 15.3 Å². The summed E-state index contributed by atoms with van der Waals surface area (Å²) in [5.41, 5.74) is 1.05. The van der Waals surface area contributed by atoms with Crippen LogP contribution < -0.4 is 5.32 Å². The molecule has 0 unspecified atom stereocenters. The van der Waals surface area contributed by atoms with Gasteiger partial charge in [0.05, 0.1) is 18.1 Å². The lowest BCUT2D eigenvalue weighted by molar-refractivity contribution is 0.462. The molecule has 0 bridgehead atoms. The number of aromatic nitrogens is 2. The van der Waals surface area contributed by atoms with E-state index in [-0.39, 0.29) is 0 Å². The van der Waals surface area contributed by atoms with Crippen molar-refractivity contribution >= 4 is 5.69 Å². The second-order valence-corrected chi connectivity index (χ2v) is 3.61. The molecule has 1 heterocycles. The smallest absolute Gasteiger partial charge is 0.115 e. The number of hydrogen-bond acceptors (Lipinski definition) is 3. The highest BCUT2D eigenvalue weighted by Crippen LogP contribution is 2.20. The summed E-state index contributed by atoms with van der Waals surface area (Å²) in [5.74, 6) is 0. The molecule has 70 valence electrons. The summed E-state index contributed by atoms with van der Waals surface area (Å²) < 4.78 is 0. The zero-order chi connectivity index (χ0) is 8.93. The van der Waals surface area contributed by atoms with Gasteiger partial charge in [0.1, 0.15) is 6.33 Å². The van der Waals surface area contributed by atoms with Gasteiger partial charge >= 0.3 is 0 Å². The normalized spacial score (nSPS) is 18.5. The Morgan fingerprint density at radius 3 is 2.46 bits per heavy atom. The third kappa shape index (κ3) is 2.41. The second-order valence-electron chi connectivity index (χ2n) is 3.61. The van der Waals surface area contributed by atoms with Crippen LogP contribution in [0.4, 0.5) is 5.69 Å². The average Bonchev–Trinajstić information content (AvgIpc) is 2.21. The first kappa shape index (κ1) is 8.48. The van der Waals surface area contributed by atoms with Gasteiger partial charge in [0.2, 0.25) is 0 Å². The van der Waals surface area contributed by atoms with E-state index in [1.54, 1.807) is 6.33 Å². The summed E-state index contributed by atoms with van der Waals surface area (Å²) in [6.07, 6.45) is 11.9. The molecule has 1 fully saturated rings. The summed E-state index contributed by atoms with van der Waals surface area (Å²) in [6.45, 7) is 0. The summed E-state index contributed by atoms with van der Waals surface area (Å²) in [6, 6.07) is 0.639. The molecule has 3 heteroatoms. The van der Waals surface area contributed by atoms with Crippen LogP contribution in [0.25, 0.3) is 0 Å². The van der Waals surface area contributed by atoms with Crippen LogP contribution >= 0.6 is 0 Å². The molecule has 1 saturated carbocycles. The standard InChI is InChI=1S/C10H15N3/c1-2-4-9(5-3-1)13-10-6-11-8-12-7-10/h6-9,13H,1-5H2. The molecule has 0 atom stereocenters. The van der Waals surface area contributed by atoms with Crippen molar-refractivity contribution in [2.75, 3.05) is 5.32 Å². The van der Waals surface area contributed by atoms with Crippen LogP contribution in [0.2, 0.25) is 0 Å². The number of anilines is 1. The van der Waals surface area contributed by atoms with E-state index in [4.69, 9.17) is 0 Å². The minimum absolute atomic E-state index is 0.639. The molecule has 1 aliphatic rings. The van der Waals surface area contributed by atoms with Crippen LogP contribution in [0.15, 0.2) is 18.7 Å². The minimum atomic E-state index is 0.639. The SMILES string of the molecule is c1ncc(NC2CCCCC2)cn1. The largest absolute Gasteiger partial charge is 0.380 e. The van der Waals surface area contributed by atoms with Crippen molar-refractivity contribution in [3.8, 4) is 0 Å². The third-order valence-electron chi connectivity index (χ3n) is 2.54. The Balaban J connectivity index is 1.90. The molecule has 0 amide bonds. The maximum atomic E-state index is 3.98. The molecule has 0 radical (unpaired) electrons. The van der Waals surface area contributed by atoms with Gasteiger partial charge in [-0.25, -0.2) is 9.97 Å². The highest BCUT2D eigenvalue weighted by Gasteiger charge is 2.12. The Morgan fingerprint density at radius 2 is 1.77 bits per heavy atom. The van der Waals surface area contributed by atoms with Crippen molar-refractivity contribution in [1.29, 1.82) is 0 Å². The topological polar surface area (TPSA) is 37.8 Å². The monoisotopic (exact) mass is 177 g/mol. The molecule has 1 aliphatic carbocycles. The Kier molecular flexibility index (Phi) is 2.75. The number of nitrogens with zero attached hydrogens (tertiary/aromatic N) is 2. The van der Waals surface area contributed by atoms with Crippen molar-refractivity contribution < 1.29 is 0 Å². The van der Waals surface area contributed by atoms with Crippen molar-refractivity contribution in [1.82, 2.24) is 9.97 Å². The molecule has 0 spiro atoms. The lowest BCUT2D eigenvalue weighted by atomic mass is 9.95. The molecule has 2 rings (SSSR count). The van der Waals surface area contributed by atoms with Gasteiger partial charge in [-0.15, -0.1) is 0 Å². The van der Waals surface area contributed by atoms with Crippen molar-refractivity contribution in [3.05, 3.63) is 18.7 Å². The fourth-order valence-electron chi connectivity index (χ4n) is 1.86. The third-order valence-corrected chi connectivity index (χ3v) is 2.54. The van der Waals surface area contributed by atoms with E-state index in [1.807, 2.05) is 12.4 Å². The van der Waals surface area contributed by atoms with E-state index < -0.39 is 0 Å².